The molecule has 148 valence electrons. The van der Waals surface area contributed by atoms with Gasteiger partial charge < -0.3 is 24.8 Å². The minimum Gasteiger partial charge on any atom is -0.454 e. The van der Waals surface area contributed by atoms with Crippen molar-refractivity contribution in [2.45, 2.75) is 40.3 Å². The zero-order valence-corrected chi connectivity index (χ0v) is 17.5. The molecule has 1 heterocycles. The molecular formula is C17H26F2IN3O3. The molecular weight excluding hydrogens is 459 g/mol. The van der Waals surface area contributed by atoms with Crippen molar-refractivity contribution in [2.24, 2.45) is 10.9 Å². The molecule has 1 aromatic rings. The van der Waals surface area contributed by atoms with E-state index >= 15 is 0 Å². The van der Waals surface area contributed by atoms with Crippen molar-refractivity contribution in [3.8, 4) is 17.2 Å². The third-order valence-electron chi connectivity index (χ3n) is 3.54. The van der Waals surface area contributed by atoms with E-state index < -0.39 is 6.61 Å². The summed E-state index contributed by atoms with van der Waals surface area (Å²) in [4.78, 5) is 4.45. The number of benzene rings is 1. The summed E-state index contributed by atoms with van der Waals surface area (Å²) < 4.78 is 40.4. The quantitative estimate of drug-likeness (QED) is 0.334. The minimum atomic E-state index is -2.92. The van der Waals surface area contributed by atoms with Crippen molar-refractivity contribution in [2.75, 3.05) is 19.9 Å². The summed E-state index contributed by atoms with van der Waals surface area (Å²) >= 11 is 0. The Balaban J connectivity index is 0.00000338. The number of alkyl halides is 2. The molecule has 9 heteroatoms. The highest BCUT2D eigenvalue weighted by atomic mass is 127. The Hall–Kier alpha value is -1.52. The van der Waals surface area contributed by atoms with Crippen LogP contribution < -0.4 is 24.8 Å². The van der Waals surface area contributed by atoms with Gasteiger partial charge in [-0.05, 0) is 25.3 Å². The van der Waals surface area contributed by atoms with Crippen molar-refractivity contribution in [3.63, 3.8) is 0 Å². The van der Waals surface area contributed by atoms with Crippen molar-refractivity contribution in [1.29, 1.82) is 0 Å². The summed E-state index contributed by atoms with van der Waals surface area (Å²) in [5.41, 5.74) is 0.505. The van der Waals surface area contributed by atoms with Gasteiger partial charge in [0, 0.05) is 24.7 Å². The second-order valence-electron chi connectivity index (χ2n) is 6.00. The minimum absolute atomic E-state index is 0. The Morgan fingerprint density at radius 3 is 2.54 bits per heavy atom. The SMILES string of the molecule is CCNC(=NCc1cc2c(cc1OC(F)F)OCO2)NCCC(C)C.I. The van der Waals surface area contributed by atoms with Gasteiger partial charge in [-0.25, -0.2) is 4.99 Å². The Bertz CT molecular complexity index is 601. The van der Waals surface area contributed by atoms with Crippen molar-refractivity contribution in [3.05, 3.63) is 17.7 Å². The van der Waals surface area contributed by atoms with Gasteiger partial charge in [-0.3, -0.25) is 0 Å². The van der Waals surface area contributed by atoms with Crippen LogP contribution in [0.25, 0.3) is 0 Å². The van der Waals surface area contributed by atoms with Gasteiger partial charge in [-0.2, -0.15) is 8.78 Å². The smallest absolute Gasteiger partial charge is 0.387 e. The second-order valence-corrected chi connectivity index (χ2v) is 6.00. The number of nitrogens with one attached hydrogen (secondary N) is 2. The fourth-order valence-corrected chi connectivity index (χ4v) is 2.28. The van der Waals surface area contributed by atoms with Gasteiger partial charge >= 0.3 is 6.61 Å². The van der Waals surface area contributed by atoms with E-state index in [9.17, 15) is 8.78 Å². The zero-order valence-electron chi connectivity index (χ0n) is 15.2. The Morgan fingerprint density at radius 1 is 1.23 bits per heavy atom. The van der Waals surface area contributed by atoms with Gasteiger partial charge in [-0.1, -0.05) is 13.8 Å². The fourth-order valence-electron chi connectivity index (χ4n) is 2.28. The highest BCUT2D eigenvalue weighted by Crippen LogP contribution is 2.38. The highest BCUT2D eigenvalue weighted by molar-refractivity contribution is 14.0. The van der Waals surface area contributed by atoms with E-state index in [1.807, 2.05) is 6.92 Å². The molecule has 2 rings (SSSR count). The van der Waals surface area contributed by atoms with Crippen LogP contribution in [-0.2, 0) is 6.54 Å². The average Bonchev–Trinajstić information content (AvgIpc) is 2.98. The summed E-state index contributed by atoms with van der Waals surface area (Å²) in [6.45, 7) is 5.07. The van der Waals surface area contributed by atoms with Gasteiger partial charge in [0.25, 0.3) is 0 Å². The van der Waals surface area contributed by atoms with E-state index in [1.165, 1.54) is 6.07 Å². The average molecular weight is 485 g/mol. The number of ether oxygens (including phenoxy) is 3. The summed E-state index contributed by atoms with van der Waals surface area (Å²) in [7, 11) is 0. The fraction of sp³-hybridized carbons (Fsp3) is 0.588. The van der Waals surface area contributed by atoms with E-state index in [2.05, 4.69) is 34.2 Å². The molecule has 0 spiro atoms. The van der Waals surface area contributed by atoms with Gasteiger partial charge in [0.1, 0.15) is 5.75 Å². The molecule has 26 heavy (non-hydrogen) atoms. The van der Waals surface area contributed by atoms with E-state index in [1.54, 1.807) is 6.07 Å². The van der Waals surface area contributed by atoms with Crippen LogP contribution in [0.4, 0.5) is 8.78 Å². The number of fused-ring (bicyclic) bond motifs is 1. The molecule has 0 radical (unpaired) electrons. The number of hydrogen-bond acceptors (Lipinski definition) is 4. The first-order valence-corrected chi connectivity index (χ1v) is 8.39. The van der Waals surface area contributed by atoms with Crippen molar-refractivity contribution in [1.82, 2.24) is 10.6 Å². The van der Waals surface area contributed by atoms with E-state index in [-0.39, 0.29) is 43.1 Å². The van der Waals surface area contributed by atoms with Crippen molar-refractivity contribution < 1.29 is 23.0 Å². The first-order valence-electron chi connectivity index (χ1n) is 8.39. The van der Waals surface area contributed by atoms with Crippen LogP contribution in [0.5, 0.6) is 17.2 Å². The number of aliphatic imine (C=N–C) groups is 1. The number of guanidine groups is 1. The third-order valence-corrected chi connectivity index (χ3v) is 3.54. The molecule has 0 saturated heterocycles. The van der Waals surface area contributed by atoms with Crippen molar-refractivity contribution >= 4 is 29.9 Å². The van der Waals surface area contributed by atoms with Crippen LogP contribution >= 0.6 is 24.0 Å². The third kappa shape index (κ3) is 7.00. The predicted octanol–water partition coefficient (Wildman–Crippen LogP) is 3.74. The maximum Gasteiger partial charge on any atom is 0.387 e. The largest absolute Gasteiger partial charge is 0.454 e. The topological polar surface area (TPSA) is 64.1 Å². The van der Waals surface area contributed by atoms with Gasteiger partial charge in [0.2, 0.25) is 6.79 Å². The van der Waals surface area contributed by atoms with Gasteiger partial charge in [0.15, 0.2) is 17.5 Å². The normalized spacial score (nSPS) is 13.0. The number of nitrogens with zero attached hydrogens (tertiary/aromatic N) is 1. The standard InChI is InChI=1S/C17H25F2N3O3.HI/c1-4-20-17(21-6-5-11(2)3)22-9-12-7-14-15(24-10-23-14)8-13(12)25-16(18)19;/h7-8,11,16H,4-6,9-10H2,1-3H3,(H2,20,21,22);1H. The second kappa shape index (κ2) is 11.2. The Kier molecular flexibility index (Phi) is 9.74. The summed E-state index contributed by atoms with van der Waals surface area (Å²) in [6.07, 6.45) is 1.01. The number of halogens is 3. The molecule has 1 aromatic carbocycles. The molecule has 0 aromatic heterocycles. The molecule has 0 aliphatic carbocycles. The lowest BCUT2D eigenvalue weighted by Gasteiger charge is -2.14. The molecule has 0 fully saturated rings. The number of rotatable bonds is 8. The lowest BCUT2D eigenvalue weighted by atomic mass is 10.1. The first-order chi connectivity index (χ1) is 12.0. The molecule has 2 N–H and O–H groups in total. The number of hydrogen-bond donors (Lipinski definition) is 2. The zero-order chi connectivity index (χ0) is 18.2. The van der Waals surface area contributed by atoms with Gasteiger partial charge in [0.05, 0.1) is 6.54 Å². The van der Waals surface area contributed by atoms with Crippen LogP contribution in [0.15, 0.2) is 17.1 Å². The molecule has 0 atom stereocenters. The van der Waals surface area contributed by atoms with Crippen LogP contribution in [-0.4, -0.2) is 32.5 Å². The molecule has 6 nitrogen and oxygen atoms in total. The van der Waals surface area contributed by atoms with Gasteiger partial charge in [-0.15, -0.1) is 24.0 Å². The van der Waals surface area contributed by atoms with Crippen LogP contribution in [0.1, 0.15) is 32.8 Å². The Labute approximate surface area is 169 Å². The monoisotopic (exact) mass is 485 g/mol. The predicted molar refractivity (Wildman–Crippen MR) is 107 cm³/mol. The van der Waals surface area contributed by atoms with E-state index in [0.29, 0.717) is 35.5 Å². The molecule has 0 amide bonds. The maximum absolute atomic E-state index is 12.7. The highest BCUT2D eigenvalue weighted by Gasteiger charge is 2.20. The molecule has 0 saturated carbocycles. The maximum atomic E-state index is 12.7. The lowest BCUT2D eigenvalue weighted by Crippen LogP contribution is -2.38. The van der Waals surface area contributed by atoms with E-state index in [4.69, 9.17) is 9.47 Å². The molecule has 0 unspecified atom stereocenters. The molecule has 0 bridgehead atoms. The van der Waals surface area contributed by atoms with Crippen LogP contribution in [0, 0.1) is 5.92 Å². The van der Waals surface area contributed by atoms with Crippen LogP contribution in [0.2, 0.25) is 0 Å². The molecule has 1 aliphatic heterocycles. The summed E-state index contributed by atoms with van der Waals surface area (Å²) in [6, 6.07) is 3.04. The summed E-state index contributed by atoms with van der Waals surface area (Å²) in [5.74, 6) is 2.15. The first kappa shape index (κ1) is 22.5. The van der Waals surface area contributed by atoms with Crippen LogP contribution in [0.3, 0.4) is 0 Å². The molecule has 1 aliphatic rings. The Morgan fingerprint density at radius 2 is 1.92 bits per heavy atom. The van der Waals surface area contributed by atoms with E-state index in [0.717, 1.165) is 13.0 Å². The summed E-state index contributed by atoms with van der Waals surface area (Å²) in [5, 5.41) is 6.36. The lowest BCUT2D eigenvalue weighted by molar-refractivity contribution is -0.0505.